The highest BCUT2D eigenvalue weighted by Crippen LogP contribution is 2.49. The SMILES string of the molecule is CC(C)(C)CC[C@H](CC(C)(C)C)N1CCC(F)(F)[C@H](CC(=O)O)[C@H]1c1ccc(C(F)(F)F)cc1. The number of hydrogen-bond donors (Lipinski definition) is 1. The second-order valence-corrected chi connectivity index (χ2v) is 12.0. The second-order valence-electron chi connectivity index (χ2n) is 12.0. The molecule has 2 rings (SSSR count). The average Bonchev–Trinajstić information content (AvgIpc) is 2.64. The third-order valence-electron chi connectivity index (χ3n) is 6.50. The van der Waals surface area contributed by atoms with E-state index in [1.807, 2.05) is 4.90 Å². The molecular weight excluding hydrogens is 453 g/mol. The summed E-state index contributed by atoms with van der Waals surface area (Å²) in [6, 6.07) is 3.15. The number of rotatable bonds is 7. The molecule has 8 heteroatoms. The van der Waals surface area contributed by atoms with Gasteiger partial charge in [0.15, 0.2) is 0 Å². The van der Waals surface area contributed by atoms with Gasteiger partial charge in [-0.25, -0.2) is 8.78 Å². The number of hydrogen-bond acceptors (Lipinski definition) is 2. The lowest BCUT2D eigenvalue weighted by Gasteiger charge is -2.50. The van der Waals surface area contributed by atoms with Gasteiger partial charge in [-0.3, -0.25) is 9.69 Å². The van der Waals surface area contributed by atoms with Gasteiger partial charge in [-0.1, -0.05) is 53.7 Å². The summed E-state index contributed by atoms with van der Waals surface area (Å²) in [5.41, 5.74) is -0.664. The van der Waals surface area contributed by atoms with Crippen LogP contribution in [-0.2, 0) is 11.0 Å². The molecule has 1 aliphatic rings. The van der Waals surface area contributed by atoms with E-state index in [1.54, 1.807) is 0 Å². The van der Waals surface area contributed by atoms with Crippen molar-refractivity contribution in [3.05, 3.63) is 35.4 Å². The molecular formula is C26H38F5NO2. The topological polar surface area (TPSA) is 40.5 Å². The lowest BCUT2D eigenvalue weighted by molar-refractivity contribution is -0.164. The van der Waals surface area contributed by atoms with E-state index < -0.39 is 48.4 Å². The Morgan fingerprint density at radius 3 is 2.06 bits per heavy atom. The second kappa shape index (κ2) is 10.1. The van der Waals surface area contributed by atoms with Crippen LogP contribution in [0.5, 0.6) is 0 Å². The Balaban J connectivity index is 2.57. The van der Waals surface area contributed by atoms with Crippen LogP contribution < -0.4 is 0 Å². The van der Waals surface area contributed by atoms with Gasteiger partial charge in [-0.15, -0.1) is 0 Å². The van der Waals surface area contributed by atoms with E-state index in [4.69, 9.17) is 0 Å². The third kappa shape index (κ3) is 7.92. The molecule has 0 aliphatic carbocycles. The zero-order chi connectivity index (χ0) is 26.1. The van der Waals surface area contributed by atoms with Crippen LogP contribution in [-0.4, -0.2) is 34.5 Å². The zero-order valence-electron chi connectivity index (χ0n) is 21.0. The smallest absolute Gasteiger partial charge is 0.416 e. The Kier molecular flexibility index (Phi) is 8.49. The number of benzene rings is 1. The van der Waals surface area contributed by atoms with Gasteiger partial charge in [0.05, 0.1) is 17.9 Å². The van der Waals surface area contributed by atoms with E-state index in [-0.39, 0.29) is 23.4 Å². The number of piperidine rings is 1. The number of carboxylic acid groups (broad SMARTS) is 1. The molecule has 1 fully saturated rings. The van der Waals surface area contributed by atoms with Gasteiger partial charge in [0.25, 0.3) is 5.92 Å². The van der Waals surface area contributed by atoms with Crippen LogP contribution in [0.2, 0.25) is 0 Å². The minimum Gasteiger partial charge on any atom is -0.481 e. The highest BCUT2D eigenvalue weighted by molar-refractivity contribution is 5.67. The third-order valence-corrected chi connectivity index (χ3v) is 6.50. The summed E-state index contributed by atoms with van der Waals surface area (Å²) in [5, 5.41) is 9.43. The molecule has 0 aromatic heterocycles. The summed E-state index contributed by atoms with van der Waals surface area (Å²) in [4.78, 5) is 13.5. The first-order valence-corrected chi connectivity index (χ1v) is 11.8. The monoisotopic (exact) mass is 491 g/mol. The Bertz CT molecular complexity index is 822. The molecule has 34 heavy (non-hydrogen) atoms. The molecule has 3 nitrogen and oxygen atoms in total. The number of halogens is 5. The van der Waals surface area contributed by atoms with Crippen LogP contribution in [0.1, 0.15) is 90.8 Å². The Labute approximate surface area is 199 Å². The van der Waals surface area contributed by atoms with Crippen LogP contribution in [0.15, 0.2) is 24.3 Å². The van der Waals surface area contributed by atoms with Crippen LogP contribution in [0.3, 0.4) is 0 Å². The largest absolute Gasteiger partial charge is 0.481 e. The molecule has 0 radical (unpaired) electrons. The van der Waals surface area contributed by atoms with E-state index in [2.05, 4.69) is 41.5 Å². The number of carboxylic acids is 1. The molecule has 1 saturated heterocycles. The van der Waals surface area contributed by atoms with Crippen molar-refractivity contribution in [2.75, 3.05) is 6.54 Å². The number of carbonyl (C=O) groups is 1. The molecule has 0 amide bonds. The lowest BCUT2D eigenvalue weighted by atomic mass is 9.76. The fourth-order valence-electron chi connectivity index (χ4n) is 4.91. The highest BCUT2D eigenvalue weighted by atomic mass is 19.4. The predicted octanol–water partition coefficient (Wildman–Crippen LogP) is 7.81. The Morgan fingerprint density at radius 2 is 1.62 bits per heavy atom. The maximum absolute atomic E-state index is 15.1. The number of likely N-dealkylation sites (tertiary alicyclic amines) is 1. The molecule has 0 unspecified atom stereocenters. The molecule has 1 aromatic rings. The molecule has 1 aliphatic heterocycles. The highest BCUT2D eigenvalue weighted by Gasteiger charge is 2.52. The van der Waals surface area contributed by atoms with Crippen molar-refractivity contribution in [3.63, 3.8) is 0 Å². The van der Waals surface area contributed by atoms with Crippen molar-refractivity contribution in [2.45, 2.75) is 97.8 Å². The summed E-state index contributed by atoms with van der Waals surface area (Å²) < 4.78 is 69.6. The number of aliphatic carboxylic acids is 1. The molecule has 1 aromatic carbocycles. The number of nitrogens with zero attached hydrogens (tertiary/aromatic N) is 1. The molecule has 1 heterocycles. The van der Waals surface area contributed by atoms with Gasteiger partial charge < -0.3 is 5.11 Å². The van der Waals surface area contributed by atoms with Gasteiger partial charge in [-0.05, 0) is 47.8 Å². The van der Waals surface area contributed by atoms with Crippen molar-refractivity contribution >= 4 is 5.97 Å². The van der Waals surface area contributed by atoms with Crippen molar-refractivity contribution in [1.82, 2.24) is 4.90 Å². The molecule has 1 N–H and O–H groups in total. The average molecular weight is 492 g/mol. The summed E-state index contributed by atoms with van der Waals surface area (Å²) in [6.07, 6.45) is -3.51. The quantitative estimate of drug-likeness (QED) is 0.396. The van der Waals surface area contributed by atoms with Crippen molar-refractivity contribution in [3.8, 4) is 0 Å². The molecule has 194 valence electrons. The zero-order valence-corrected chi connectivity index (χ0v) is 21.0. The van der Waals surface area contributed by atoms with Crippen molar-refractivity contribution in [1.29, 1.82) is 0 Å². The van der Waals surface area contributed by atoms with Gasteiger partial charge in [0.2, 0.25) is 0 Å². The van der Waals surface area contributed by atoms with Gasteiger partial charge >= 0.3 is 12.1 Å². The van der Waals surface area contributed by atoms with E-state index in [9.17, 15) is 23.1 Å². The van der Waals surface area contributed by atoms with Gasteiger partial charge in [-0.2, -0.15) is 13.2 Å². The van der Waals surface area contributed by atoms with Crippen LogP contribution in [0.25, 0.3) is 0 Å². The standard InChI is InChI=1S/C26H38F5NO2/c1-23(2,3)12-11-19(16-24(4,5)6)32-14-13-25(27,28)20(15-21(33)34)22(32)17-7-9-18(10-8-17)26(29,30)31/h7-10,19-20,22H,11-16H2,1-6H3,(H,33,34)/t19-,20-,22-/m1/s1. The minimum absolute atomic E-state index is 0.0141. The van der Waals surface area contributed by atoms with Crippen LogP contribution in [0.4, 0.5) is 22.0 Å². The van der Waals surface area contributed by atoms with E-state index in [1.165, 1.54) is 12.1 Å². The maximum Gasteiger partial charge on any atom is 0.416 e. The molecule has 0 saturated carbocycles. The van der Waals surface area contributed by atoms with Crippen LogP contribution in [0, 0.1) is 16.7 Å². The number of alkyl halides is 5. The lowest BCUT2D eigenvalue weighted by Crippen LogP contribution is -2.54. The summed E-state index contributed by atoms with van der Waals surface area (Å²) in [6.45, 7) is 12.6. The predicted molar refractivity (Wildman–Crippen MR) is 123 cm³/mol. The van der Waals surface area contributed by atoms with E-state index in [0.717, 1.165) is 25.0 Å². The van der Waals surface area contributed by atoms with Gasteiger partial charge in [0.1, 0.15) is 0 Å². The normalized spacial score (nSPS) is 23.0. The fourth-order valence-corrected chi connectivity index (χ4v) is 4.91. The van der Waals surface area contributed by atoms with E-state index in [0.29, 0.717) is 12.0 Å². The minimum atomic E-state index is -4.54. The Hall–Kier alpha value is -1.70. The first-order chi connectivity index (χ1) is 15.3. The molecule has 3 atom stereocenters. The van der Waals surface area contributed by atoms with Crippen molar-refractivity contribution in [2.24, 2.45) is 16.7 Å². The Morgan fingerprint density at radius 1 is 1.06 bits per heavy atom. The summed E-state index contributed by atoms with van der Waals surface area (Å²) in [5.74, 6) is -6.11. The molecule has 0 spiro atoms. The van der Waals surface area contributed by atoms with E-state index >= 15 is 8.78 Å². The van der Waals surface area contributed by atoms with Crippen molar-refractivity contribution < 1.29 is 31.9 Å². The molecule has 0 bridgehead atoms. The first kappa shape index (κ1) is 28.5. The first-order valence-electron chi connectivity index (χ1n) is 11.8. The van der Waals surface area contributed by atoms with Crippen LogP contribution >= 0.6 is 0 Å². The fraction of sp³-hybridized carbons (Fsp3) is 0.731. The maximum atomic E-state index is 15.1. The summed E-state index contributed by atoms with van der Waals surface area (Å²) >= 11 is 0. The summed E-state index contributed by atoms with van der Waals surface area (Å²) in [7, 11) is 0. The van der Waals surface area contributed by atoms with Gasteiger partial charge in [0, 0.05) is 25.0 Å².